The van der Waals surface area contributed by atoms with E-state index in [2.05, 4.69) is 5.32 Å². The lowest BCUT2D eigenvalue weighted by Crippen LogP contribution is -2.59. The van der Waals surface area contributed by atoms with Gasteiger partial charge in [0.25, 0.3) is 5.91 Å². The molecule has 2 amide bonds. The zero-order valence-corrected chi connectivity index (χ0v) is 21.7. The highest BCUT2D eigenvalue weighted by Crippen LogP contribution is 2.30. The van der Waals surface area contributed by atoms with Gasteiger partial charge in [-0.3, -0.25) is 14.9 Å². The first-order chi connectivity index (χ1) is 15.3. The van der Waals surface area contributed by atoms with Crippen LogP contribution in [0.4, 0.5) is 4.79 Å². The number of hydroxylamine groups is 2. The van der Waals surface area contributed by atoms with E-state index in [4.69, 9.17) is 14.3 Å². The van der Waals surface area contributed by atoms with E-state index in [1.165, 1.54) is 5.06 Å². The highest BCUT2D eigenvalue weighted by Gasteiger charge is 2.43. The molecule has 192 valence electrons. The van der Waals surface area contributed by atoms with Crippen molar-refractivity contribution in [1.29, 1.82) is 0 Å². The van der Waals surface area contributed by atoms with Gasteiger partial charge in [0.2, 0.25) is 0 Å². The first kappa shape index (κ1) is 27.8. The van der Waals surface area contributed by atoms with Crippen molar-refractivity contribution in [1.82, 2.24) is 15.3 Å². The molecule has 0 aromatic carbocycles. The van der Waals surface area contributed by atoms with E-state index in [1.807, 2.05) is 48.5 Å². The molecule has 0 bridgehead atoms. The fourth-order valence-electron chi connectivity index (χ4n) is 4.51. The minimum atomic E-state index is -1.02. The number of rotatable bonds is 7. The average molecular weight is 472 g/mol. The summed E-state index contributed by atoms with van der Waals surface area (Å²) in [4.78, 5) is 33.2. The number of aliphatic hydroxyl groups excluding tert-OH is 1. The first-order valence-corrected chi connectivity index (χ1v) is 12.2. The molecule has 9 heteroatoms. The van der Waals surface area contributed by atoms with Crippen molar-refractivity contribution < 1.29 is 29.0 Å². The number of aliphatic hydroxyl groups is 1. The van der Waals surface area contributed by atoms with Crippen molar-refractivity contribution in [2.45, 2.75) is 104 Å². The molecule has 0 radical (unpaired) electrons. The zero-order valence-electron chi connectivity index (χ0n) is 21.7. The summed E-state index contributed by atoms with van der Waals surface area (Å²) in [6, 6.07) is -0.860. The minimum Gasteiger partial charge on any atom is -0.444 e. The van der Waals surface area contributed by atoms with Gasteiger partial charge in [-0.2, -0.15) is 0 Å². The second-order valence-corrected chi connectivity index (χ2v) is 11.3. The number of nitrogens with zero attached hydrogens (tertiary/aromatic N) is 2. The predicted octanol–water partition coefficient (Wildman–Crippen LogP) is 2.91. The Hall–Kier alpha value is -1.42. The van der Waals surface area contributed by atoms with Crippen LogP contribution in [-0.4, -0.2) is 83.9 Å². The number of likely N-dealkylation sites (tertiary alicyclic amines) is 1. The van der Waals surface area contributed by atoms with Crippen LogP contribution in [0, 0.1) is 11.3 Å². The van der Waals surface area contributed by atoms with Crippen LogP contribution in [0.25, 0.3) is 0 Å². The summed E-state index contributed by atoms with van der Waals surface area (Å²) in [7, 11) is 1.59. The van der Waals surface area contributed by atoms with Gasteiger partial charge in [-0.05, 0) is 51.9 Å². The van der Waals surface area contributed by atoms with Gasteiger partial charge in [0.15, 0.2) is 0 Å². The number of nitrogens with one attached hydrogen (secondary N) is 1. The van der Waals surface area contributed by atoms with Gasteiger partial charge in [0.1, 0.15) is 11.8 Å². The lowest BCUT2D eigenvalue weighted by atomic mass is 9.84. The maximum absolute atomic E-state index is 13.2. The van der Waals surface area contributed by atoms with E-state index in [1.54, 1.807) is 12.0 Å². The van der Waals surface area contributed by atoms with E-state index in [9.17, 15) is 14.7 Å². The third kappa shape index (κ3) is 7.53. The molecular formula is C24H45N3O6. The number of amides is 2. The van der Waals surface area contributed by atoms with Crippen LogP contribution in [0.5, 0.6) is 0 Å². The van der Waals surface area contributed by atoms with Gasteiger partial charge in [-0.25, -0.2) is 9.86 Å². The van der Waals surface area contributed by atoms with Crippen molar-refractivity contribution in [2.75, 3.05) is 26.8 Å². The van der Waals surface area contributed by atoms with Gasteiger partial charge < -0.3 is 19.5 Å². The van der Waals surface area contributed by atoms with Gasteiger partial charge in [0.05, 0.1) is 24.8 Å². The van der Waals surface area contributed by atoms with Crippen LogP contribution in [0.2, 0.25) is 0 Å². The summed E-state index contributed by atoms with van der Waals surface area (Å²) in [5.41, 5.74) is -1.03. The summed E-state index contributed by atoms with van der Waals surface area (Å²) in [5, 5.41) is 15.7. The Morgan fingerprint density at radius 1 is 1.09 bits per heavy atom. The molecule has 2 rings (SSSR count). The number of ether oxygens (including phenoxy) is 2. The quantitative estimate of drug-likeness (QED) is 0.551. The van der Waals surface area contributed by atoms with Crippen LogP contribution in [-0.2, 0) is 19.1 Å². The molecule has 0 aliphatic carbocycles. The number of carbonyl (C=O) groups is 2. The van der Waals surface area contributed by atoms with E-state index in [-0.39, 0.29) is 24.0 Å². The molecule has 2 aliphatic rings. The van der Waals surface area contributed by atoms with Gasteiger partial charge >= 0.3 is 6.09 Å². The van der Waals surface area contributed by atoms with Gasteiger partial charge in [0, 0.05) is 26.1 Å². The molecule has 33 heavy (non-hydrogen) atoms. The van der Waals surface area contributed by atoms with E-state index in [0.29, 0.717) is 19.7 Å². The third-order valence-electron chi connectivity index (χ3n) is 6.29. The lowest BCUT2D eigenvalue weighted by molar-refractivity contribution is -0.203. The summed E-state index contributed by atoms with van der Waals surface area (Å²) in [6.45, 7) is 14.9. The van der Waals surface area contributed by atoms with Crippen molar-refractivity contribution in [3.63, 3.8) is 0 Å². The van der Waals surface area contributed by atoms with Crippen molar-refractivity contribution in [3.8, 4) is 0 Å². The first-order valence-electron chi connectivity index (χ1n) is 12.2. The van der Waals surface area contributed by atoms with Gasteiger partial charge in [-0.15, -0.1) is 0 Å². The minimum absolute atomic E-state index is 0.182. The van der Waals surface area contributed by atoms with Crippen LogP contribution in [0.1, 0.15) is 74.1 Å². The van der Waals surface area contributed by atoms with Crippen LogP contribution < -0.4 is 5.32 Å². The van der Waals surface area contributed by atoms with E-state index >= 15 is 0 Å². The Morgan fingerprint density at radius 3 is 2.27 bits per heavy atom. The Morgan fingerprint density at radius 2 is 1.76 bits per heavy atom. The Bertz CT molecular complexity index is 654. The maximum atomic E-state index is 13.2. The van der Waals surface area contributed by atoms with Gasteiger partial charge in [-0.1, -0.05) is 27.7 Å². The fourth-order valence-corrected chi connectivity index (χ4v) is 4.51. The monoisotopic (exact) mass is 471 g/mol. The average Bonchev–Trinajstić information content (AvgIpc) is 3.20. The van der Waals surface area contributed by atoms with Crippen LogP contribution >= 0.6 is 0 Å². The molecular weight excluding hydrogens is 426 g/mol. The molecule has 2 fully saturated rings. The number of methoxy groups -OCH3 is 1. The molecule has 5 atom stereocenters. The Kier molecular flexibility index (Phi) is 9.56. The molecule has 0 saturated carbocycles. The normalized spacial score (nSPS) is 23.7. The molecule has 1 unspecified atom stereocenters. The largest absolute Gasteiger partial charge is 0.444 e. The highest BCUT2D eigenvalue weighted by molar-refractivity contribution is 5.82. The summed E-state index contributed by atoms with van der Waals surface area (Å²) >= 11 is 0. The molecule has 2 aliphatic heterocycles. The van der Waals surface area contributed by atoms with Crippen molar-refractivity contribution in [3.05, 3.63) is 0 Å². The van der Waals surface area contributed by atoms with Crippen LogP contribution in [0.15, 0.2) is 0 Å². The molecule has 2 N–H and O–H groups in total. The molecule has 0 spiro atoms. The van der Waals surface area contributed by atoms with Crippen LogP contribution in [0.3, 0.4) is 0 Å². The summed E-state index contributed by atoms with van der Waals surface area (Å²) in [5.74, 6) is -0.568. The zero-order chi connectivity index (χ0) is 25.0. The maximum Gasteiger partial charge on any atom is 0.410 e. The third-order valence-corrected chi connectivity index (χ3v) is 6.29. The number of carbonyl (C=O) groups excluding carboxylic acids is 2. The second kappa shape index (κ2) is 11.3. The number of hydrogen-bond acceptors (Lipinski definition) is 7. The van der Waals surface area contributed by atoms with Crippen molar-refractivity contribution in [2.24, 2.45) is 11.3 Å². The molecule has 2 saturated heterocycles. The second-order valence-electron chi connectivity index (χ2n) is 11.3. The summed E-state index contributed by atoms with van der Waals surface area (Å²) in [6.07, 6.45) is 1.62. The lowest BCUT2D eigenvalue weighted by Gasteiger charge is -2.40. The Labute approximate surface area is 199 Å². The Balaban J connectivity index is 2.12. The van der Waals surface area contributed by atoms with Crippen molar-refractivity contribution >= 4 is 12.0 Å². The SMILES string of the molecule is CO[C@H]([C@@H](C)C(O)N[C@H](C(=O)N1CCCCO1)C(C)(C)C)[C@@H]1CCCN1C(=O)OC(C)(C)C. The standard InChI is InChI=1S/C24H45N3O6/c1-16(18(31-8)17-12-11-13-26(17)22(30)33-24(5,6)7)20(28)25-19(23(2,3)4)21(29)27-14-9-10-15-32-27/h16-20,25,28H,9-15H2,1-8H3/t16-,17+,18-,19-,20?/m1/s1. The fraction of sp³-hybridized carbons (Fsp3) is 0.917. The number of hydrogen-bond donors (Lipinski definition) is 2. The molecule has 9 nitrogen and oxygen atoms in total. The molecule has 0 aromatic rings. The summed E-state index contributed by atoms with van der Waals surface area (Å²) < 4.78 is 11.4. The molecule has 2 heterocycles. The predicted molar refractivity (Wildman–Crippen MR) is 125 cm³/mol. The highest BCUT2D eigenvalue weighted by atomic mass is 16.7. The molecule has 0 aromatic heterocycles. The topological polar surface area (TPSA) is 101 Å². The smallest absolute Gasteiger partial charge is 0.410 e. The van der Waals surface area contributed by atoms with E-state index < -0.39 is 29.4 Å². The van der Waals surface area contributed by atoms with E-state index in [0.717, 1.165) is 25.7 Å².